The van der Waals surface area contributed by atoms with Crippen molar-refractivity contribution in [2.24, 2.45) is 0 Å². The predicted octanol–water partition coefficient (Wildman–Crippen LogP) is 3.33. The Morgan fingerprint density at radius 1 is 1.14 bits per heavy atom. The molecule has 7 heteroatoms. The summed E-state index contributed by atoms with van der Waals surface area (Å²) >= 11 is 8.87. The van der Waals surface area contributed by atoms with Crippen LogP contribution in [0, 0.1) is 0 Å². The van der Waals surface area contributed by atoms with Gasteiger partial charge in [0.05, 0.1) is 12.2 Å². The summed E-state index contributed by atoms with van der Waals surface area (Å²) in [5, 5.41) is 3.32. The molecule has 0 aliphatic carbocycles. The Kier molecular flexibility index (Phi) is 7.42. The normalized spacial score (nSPS) is 14.6. The van der Waals surface area contributed by atoms with Crippen LogP contribution in [0.15, 0.2) is 53.0 Å². The van der Waals surface area contributed by atoms with E-state index in [1.807, 2.05) is 35.2 Å². The van der Waals surface area contributed by atoms with Crippen molar-refractivity contribution in [2.75, 3.05) is 39.8 Å². The van der Waals surface area contributed by atoms with Crippen molar-refractivity contribution in [1.29, 1.82) is 0 Å². The number of likely N-dealkylation sites (N-methyl/N-ethyl adjacent to an activating group) is 1. The third-order valence-corrected chi connectivity index (χ3v) is 5.54. The van der Waals surface area contributed by atoms with E-state index in [1.165, 1.54) is 5.56 Å². The Labute approximate surface area is 179 Å². The van der Waals surface area contributed by atoms with Crippen molar-refractivity contribution in [3.63, 3.8) is 0 Å². The van der Waals surface area contributed by atoms with Gasteiger partial charge in [-0.2, -0.15) is 0 Å². The summed E-state index contributed by atoms with van der Waals surface area (Å²) in [6.07, 6.45) is 0.775. The van der Waals surface area contributed by atoms with Gasteiger partial charge in [0.1, 0.15) is 5.75 Å². The lowest BCUT2D eigenvalue weighted by molar-refractivity contribution is 0.0966. The Bertz CT molecular complexity index is 824. The minimum absolute atomic E-state index is 0.250. The second-order valence-corrected chi connectivity index (χ2v) is 8.08. The zero-order chi connectivity index (χ0) is 19.9. The van der Waals surface area contributed by atoms with E-state index in [4.69, 9.17) is 17.0 Å². The molecule has 1 fully saturated rings. The molecule has 1 saturated heterocycles. The molecule has 1 aliphatic heterocycles. The monoisotopic (exact) mass is 461 g/mol. The zero-order valence-corrected chi connectivity index (χ0v) is 18.3. The van der Waals surface area contributed by atoms with Gasteiger partial charge in [-0.3, -0.25) is 10.1 Å². The fraction of sp³-hybridized carbons (Fsp3) is 0.333. The van der Waals surface area contributed by atoms with Gasteiger partial charge in [-0.1, -0.05) is 46.3 Å². The molecule has 0 spiro atoms. The molecule has 0 aromatic heterocycles. The first kappa shape index (κ1) is 20.8. The van der Waals surface area contributed by atoms with Crippen molar-refractivity contribution in [3.8, 4) is 5.75 Å². The van der Waals surface area contributed by atoms with Crippen LogP contribution in [0.1, 0.15) is 15.9 Å². The fourth-order valence-corrected chi connectivity index (χ4v) is 3.62. The molecular weight excluding hydrogens is 438 g/mol. The van der Waals surface area contributed by atoms with Gasteiger partial charge in [-0.05, 0) is 43.0 Å². The molecule has 3 rings (SSSR count). The molecule has 0 saturated carbocycles. The lowest BCUT2D eigenvalue weighted by atomic mass is 10.1. The average Bonchev–Trinajstić information content (AvgIpc) is 2.70. The fourth-order valence-electron chi connectivity index (χ4n) is 2.98. The number of piperazine rings is 1. The van der Waals surface area contributed by atoms with Crippen molar-refractivity contribution in [2.45, 2.75) is 6.42 Å². The van der Waals surface area contributed by atoms with E-state index in [9.17, 15) is 4.79 Å². The zero-order valence-electron chi connectivity index (χ0n) is 15.9. The van der Waals surface area contributed by atoms with Crippen LogP contribution in [-0.2, 0) is 6.42 Å². The third-order valence-electron chi connectivity index (χ3n) is 4.69. The van der Waals surface area contributed by atoms with Crippen LogP contribution >= 0.6 is 28.1 Å². The first-order valence-corrected chi connectivity index (χ1v) is 10.5. The Morgan fingerprint density at radius 2 is 1.86 bits per heavy atom. The average molecular weight is 462 g/mol. The quantitative estimate of drug-likeness (QED) is 0.691. The van der Waals surface area contributed by atoms with Crippen molar-refractivity contribution in [1.82, 2.24) is 15.1 Å². The number of carbonyl (C=O) groups excluding carboxylic acids is 1. The molecule has 0 atom stereocenters. The molecule has 1 amide bonds. The minimum atomic E-state index is -0.250. The lowest BCUT2D eigenvalue weighted by Crippen LogP contribution is -2.51. The molecule has 0 unspecified atom stereocenters. The van der Waals surface area contributed by atoms with E-state index >= 15 is 0 Å². The molecule has 5 nitrogen and oxygen atoms in total. The number of hydrogen-bond acceptors (Lipinski definition) is 4. The van der Waals surface area contributed by atoms with Gasteiger partial charge in [-0.25, -0.2) is 0 Å². The lowest BCUT2D eigenvalue weighted by Gasteiger charge is -2.33. The van der Waals surface area contributed by atoms with Crippen LogP contribution in [0.2, 0.25) is 0 Å². The van der Waals surface area contributed by atoms with Crippen LogP contribution in [0.25, 0.3) is 0 Å². The molecule has 2 aromatic rings. The van der Waals surface area contributed by atoms with Gasteiger partial charge in [0.2, 0.25) is 0 Å². The van der Waals surface area contributed by atoms with E-state index in [0.717, 1.165) is 37.1 Å². The number of nitrogens with one attached hydrogen (secondary N) is 1. The number of benzene rings is 2. The molecule has 2 aromatic carbocycles. The minimum Gasteiger partial charge on any atom is -0.492 e. The topological polar surface area (TPSA) is 44.8 Å². The van der Waals surface area contributed by atoms with Crippen LogP contribution in [0.3, 0.4) is 0 Å². The maximum atomic E-state index is 12.8. The number of nitrogens with zero attached hydrogens (tertiary/aromatic N) is 2. The maximum Gasteiger partial charge on any atom is 0.261 e. The number of halogens is 1. The highest BCUT2D eigenvalue weighted by Crippen LogP contribution is 2.23. The molecule has 0 bridgehead atoms. The van der Waals surface area contributed by atoms with E-state index in [1.54, 1.807) is 6.07 Å². The highest BCUT2D eigenvalue weighted by molar-refractivity contribution is 9.10. The number of ether oxygens (including phenoxy) is 1. The number of rotatable bonds is 5. The van der Waals surface area contributed by atoms with Crippen LogP contribution in [-0.4, -0.2) is 60.7 Å². The first-order chi connectivity index (χ1) is 13.5. The van der Waals surface area contributed by atoms with Crippen LogP contribution in [0.4, 0.5) is 0 Å². The van der Waals surface area contributed by atoms with Gasteiger partial charge in [0, 0.05) is 37.1 Å². The summed E-state index contributed by atoms with van der Waals surface area (Å²) in [6, 6.07) is 15.6. The standard InChI is InChI=1S/C21H24BrN3O2S/c1-24-10-12-25(13-11-24)21(28)23-20(26)18-15-17(22)7-8-19(18)27-14-9-16-5-3-2-4-6-16/h2-8,15H,9-14H2,1H3,(H,23,26,28). The molecule has 1 aliphatic rings. The van der Waals surface area contributed by atoms with Crippen LogP contribution in [0.5, 0.6) is 5.75 Å². The number of hydrogen-bond donors (Lipinski definition) is 1. The smallest absolute Gasteiger partial charge is 0.261 e. The molecule has 148 valence electrons. The Hall–Kier alpha value is -1.96. The number of thiocarbonyl (C=S) groups is 1. The van der Waals surface area contributed by atoms with Gasteiger partial charge in [-0.15, -0.1) is 0 Å². The predicted molar refractivity (Wildman–Crippen MR) is 119 cm³/mol. The van der Waals surface area contributed by atoms with Gasteiger partial charge >= 0.3 is 0 Å². The number of amides is 1. The third kappa shape index (κ3) is 5.77. The first-order valence-electron chi connectivity index (χ1n) is 9.28. The SMILES string of the molecule is CN1CCN(C(=S)NC(=O)c2cc(Br)ccc2OCCc2ccccc2)CC1. The van der Waals surface area contributed by atoms with E-state index in [2.05, 4.69) is 45.3 Å². The van der Waals surface area contributed by atoms with Gasteiger partial charge < -0.3 is 14.5 Å². The highest BCUT2D eigenvalue weighted by atomic mass is 79.9. The highest BCUT2D eigenvalue weighted by Gasteiger charge is 2.20. The van der Waals surface area contributed by atoms with Crippen molar-refractivity contribution in [3.05, 3.63) is 64.1 Å². The second kappa shape index (κ2) is 10.0. The Balaban J connectivity index is 1.62. The van der Waals surface area contributed by atoms with Gasteiger partial charge in [0.15, 0.2) is 5.11 Å². The largest absolute Gasteiger partial charge is 0.492 e. The van der Waals surface area contributed by atoms with Crippen molar-refractivity contribution < 1.29 is 9.53 Å². The van der Waals surface area contributed by atoms with Crippen LogP contribution < -0.4 is 10.1 Å². The van der Waals surface area contributed by atoms with E-state index in [-0.39, 0.29) is 5.91 Å². The summed E-state index contributed by atoms with van der Waals surface area (Å²) in [5.41, 5.74) is 1.67. The maximum absolute atomic E-state index is 12.8. The summed E-state index contributed by atoms with van der Waals surface area (Å²) in [6.45, 7) is 3.99. The summed E-state index contributed by atoms with van der Waals surface area (Å²) in [7, 11) is 2.08. The Morgan fingerprint density at radius 3 is 2.57 bits per heavy atom. The molecule has 1 N–H and O–H groups in total. The summed E-state index contributed by atoms with van der Waals surface area (Å²) in [5.74, 6) is 0.303. The molecule has 0 radical (unpaired) electrons. The van der Waals surface area contributed by atoms with Crippen molar-refractivity contribution >= 4 is 39.2 Å². The molecular formula is C21H24BrN3O2S. The second-order valence-electron chi connectivity index (χ2n) is 6.77. The van der Waals surface area contributed by atoms with Gasteiger partial charge in [0.25, 0.3) is 5.91 Å². The summed E-state index contributed by atoms with van der Waals surface area (Å²) < 4.78 is 6.73. The summed E-state index contributed by atoms with van der Waals surface area (Å²) in [4.78, 5) is 17.1. The van der Waals surface area contributed by atoms with E-state index < -0.39 is 0 Å². The molecule has 1 heterocycles. The van der Waals surface area contributed by atoms with E-state index in [0.29, 0.717) is 23.0 Å². The molecule has 28 heavy (non-hydrogen) atoms. The number of carbonyl (C=O) groups is 1.